The van der Waals surface area contributed by atoms with E-state index in [0.29, 0.717) is 17.2 Å². The number of nitrogens with one attached hydrogen (secondary N) is 1. The van der Waals surface area contributed by atoms with Crippen LogP contribution in [0.1, 0.15) is 37.0 Å². The third-order valence-electron chi connectivity index (χ3n) is 6.22. The van der Waals surface area contributed by atoms with Crippen LogP contribution in [-0.2, 0) is 28.3 Å². The van der Waals surface area contributed by atoms with Gasteiger partial charge >= 0.3 is 0 Å². The van der Waals surface area contributed by atoms with Crippen LogP contribution in [0, 0.1) is 0 Å². The molecule has 0 aliphatic rings. The zero-order chi connectivity index (χ0) is 26.6. The number of rotatable bonds is 13. The molecule has 0 radical (unpaired) electrons. The van der Waals surface area contributed by atoms with Gasteiger partial charge in [0.15, 0.2) is 0 Å². The van der Waals surface area contributed by atoms with Crippen LogP contribution in [0.3, 0.4) is 0 Å². The first-order valence-electron chi connectivity index (χ1n) is 12.5. The largest absolute Gasteiger partial charge is 0.497 e. The van der Waals surface area contributed by atoms with E-state index < -0.39 is 6.04 Å². The first kappa shape index (κ1) is 28.6. The lowest BCUT2D eigenvalue weighted by Crippen LogP contribution is -2.52. The minimum Gasteiger partial charge on any atom is -0.497 e. The summed E-state index contributed by atoms with van der Waals surface area (Å²) in [4.78, 5) is 28.9. The van der Waals surface area contributed by atoms with Crippen molar-refractivity contribution in [2.45, 2.75) is 51.1 Å². The average Bonchev–Trinajstić information content (AvgIpc) is 2.92. The van der Waals surface area contributed by atoms with E-state index in [4.69, 9.17) is 16.3 Å². The van der Waals surface area contributed by atoms with Crippen molar-refractivity contribution in [3.05, 3.63) is 101 Å². The van der Waals surface area contributed by atoms with Crippen molar-refractivity contribution in [3.8, 4) is 5.75 Å². The lowest BCUT2D eigenvalue weighted by atomic mass is 10.0. The standard InChI is InChI=1S/C30H35ClN2O3S/c1-4-22(2)32-30(35)28(18-23-10-6-5-7-11-23)33(19-25-12-8-9-13-27(25)31)29(34)21-37-20-24-14-16-26(36-3)17-15-24/h5-17,22,28H,4,18-21H2,1-3H3,(H,32,35)/t22-,28-/m0/s1. The second kappa shape index (κ2) is 14.7. The summed E-state index contributed by atoms with van der Waals surface area (Å²) in [6, 6.07) is 24.4. The van der Waals surface area contributed by atoms with E-state index in [1.54, 1.807) is 12.0 Å². The maximum atomic E-state index is 13.7. The molecule has 0 spiro atoms. The van der Waals surface area contributed by atoms with E-state index in [2.05, 4.69) is 5.32 Å². The molecule has 0 aromatic heterocycles. The summed E-state index contributed by atoms with van der Waals surface area (Å²) in [5.74, 6) is 1.47. The molecular formula is C30H35ClN2O3S. The third-order valence-corrected chi connectivity index (χ3v) is 7.58. The van der Waals surface area contributed by atoms with Gasteiger partial charge < -0.3 is 15.0 Å². The summed E-state index contributed by atoms with van der Waals surface area (Å²) in [6.07, 6.45) is 1.22. The zero-order valence-electron chi connectivity index (χ0n) is 21.7. The summed E-state index contributed by atoms with van der Waals surface area (Å²) < 4.78 is 5.23. The normalized spacial score (nSPS) is 12.4. The van der Waals surface area contributed by atoms with Crippen molar-refractivity contribution in [1.82, 2.24) is 10.2 Å². The van der Waals surface area contributed by atoms with Crippen LogP contribution in [0.5, 0.6) is 5.75 Å². The fourth-order valence-electron chi connectivity index (χ4n) is 3.87. The van der Waals surface area contributed by atoms with Gasteiger partial charge in [0.25, 0.3) is 0 Å². The molecule has 0 aliphatic heterocycles. The van der Waals surface area contributed by atoms with Gasteiger partial charge in [0, 0.05) is 29.8 Å². The number of carbonyl (C=O) groups excluding carboxylic acids is 2. The number of thioether (sulfide) groups is 1. The van der Waals surface area contributed by atoms with Crippen LogP contribution in [0.15, 0.2) is 78.9 Å². The number of benzene rings is 3. The Morgan fingerprint density at radius 1 is 0.973 bits per heavy atom. The average molecular weight is 539 g/mol. The Kier molecular flexibility index (Phi) is 11.4. The number of hydrogen-bond acceptors (Lipinski definition) is 4. The SMILES string of the molecule is CC[C@H](C)NC(=O)[C@H](Cc1ccccc1)N(Cc1ccccc1Cl)C(=O)CSCc1ccc(OC)cc1. The van der Waals surface area contributed by atoms with Crippen LogP contribution in [0.25, 0.3) is 0 Å². The van der Waals surface area contributed by atoms with E-state index in [-0.39, 0.29) is 30.2 Å². The Morgan fingerprint density at radius 3 is 2.30 bits per heavy atom. The molecule has 0 aliphatic carbocycles. The maximum Gasteiger partial charge on any atom is 0.243 e. The lowest BCUT2D eigenvalue weighted by Gasteiger charge is -2.32. The quantitative estimate of drug-likeness (QED) is 0.284. The molecule has 3 aromatic carbocycles. The summed E-state index contributed by atoms with van der Waals surface area (Å²) >= 11 is 8.01. The van der Waals surface area contributed by atoms with Gasteiger partial charge in [-0.1, -0.05) is 79.2 Å². The number of carbonyl (C=O) groups is 2. The molecule has 37 heavy (non-hydrogen) atoms. The molecule has 0 bridgehead atoms. The van der Waals surface area contributed by atoms with Gasteiger partial charge in [0.05, 0.1) is 12.9 Å². The highest BCUT2D eigenvalue weighted by atomic mass is 35.5. The number of ether oxygens (including phenoxy) is 1. The first-order valence-corrected chi connectivity index (χ1v) is 14.0. The second-order valence-electron chi connectivity index (χ2n) is 8.98. The lowest BCUT2D eigenvalue weighted by molar-refractivity contribution is -0.139. The summed E-state index contributed by atoms with van der Waals surface area (Å²) in [5.41, 5.74) is 2.91. The number of hydrogen-bond donors (Lipinski definition) is 1. The fourth-order valence-corrected chi connectivity index (χ4v) is 4.93. The minimum absolute atomic E-state index is 0.00693. The van der Waals surface area contributed by atoms with Crippen LogP contribution < -0.4 is 10.1 Å². The second-order valence-corrected chi connectivity index (χ2v) is 10.4. The van der Waals surface area contributed by atoms with Gasteiger partial charge in [-0.2, -0.15) is 0 Å². The van der Waals surface area contributed by atoms with Crippen molar-refractivity contribution in [2.24, 2.45) is 0 Å². The first-order chi connectivity index (χ1) is 17.9. The molecule has 1 N–H and O–H groups in total. The molecule has 0 saturated heterocycles. The fraction of sp³-hybridized carbons (Fsp3) is 0.333. The molecule has 3 rings (SSSR count). The molecule has 2 amide bonds. The van der Waals surface area contributed by atoms with Gasteiger partial charge in [-0.15, -0.1) is 11.8 Å². The summed E-state index contributed by atoms with van der Waals surface area (Å²) in [5, 5.41) is 3.67. The molecule has 0 saturated carbocycles. The molecule has 196 valence electrons. The van der Waals surface area contributed by atoms with Gasteiger partial charge in [-0.25, -0.2) is 0 Å². The van der Waals surface area contributed by atoms with Gasteiger partial charge in [-0.05, 0) is 48.2 Å². The smallest absolute Gasteiger partial charge is 0.243 e. The Hall–Kier alpha value is -2.96. The number of amides is 2. The van der Waals surface area contributed by atoms with Gasteiger partial charge in [0.1, 0.15) is 11.8 Å². The Morgan fingerprint density at radius 2 is 1.65 bits per heavy atom. The molecule has 2 atom stereocenters. The van der Waals surface area contributed by atoms with Crippen LogP contribution >= 0.6 is 23.4 Å². The molecule has 7 heteroatoms. The van der Waals surface area contributed by atoms with E-state index in [0.717, 1.165) is 28.9 Å². The van der Waals surface area contributed by atoms with Crippen molar-refractivity contribution < 1.29 is 14.3 Å². The van der Waals surface area contributed by atoms with Crippen LogP contribution in [0.2, 0.25) is 5.02 Å². The van der Waals surface area contributed by atoms with Crippen molar-refractivity contribution in [3.63, 3.8) is 0 Å². The maximum absolute atomic E-state index is 13.7. The van der Waals surface area contributed by atoms with Crippen LogP contribution in [0.4, 0.5) is 0 Å². The minimum atomic E-state index is -0.665. The van der Waals surface area contributed by atoms with E-state index >= 15 is 0 Å². The summed E-state index contributed by atoms with van der Waals surface area (Å²) in [7, 11) is 1.64. The molecule has 5 nitrogen and oxygen atoms in total. The van der Waals surface area contributed by atoms with E-state index in [1.807, 2.05) is 92.7 Å². The van der Waals surface area contributed by atoms with E-state index in [1.165, 1.54) is 11.8 Å². The Bertz CT molecular complexity index is 1140. The van der Waals surface area contributed by atoms with Crippen molar-refractivity contribution in [2.75, 3.05) is 12.9 Å². The predicted molar refractivity (Wildman–Crippen MR) is 153 cm³/mol. The molecule has 0 heterocycles. The summed E-state index contributed by atoms with van der Waals surface area (Å²) in [6.45, 7) is 4.26. The molecular weight excluding hydrogens is 504 g/mol. The molecule has 0 unspecified atom stereocenters. The zero-order valence-corrected chi connectivity index (χ0v) is 23.2. The number of nitrogens with zero attached hydrogens (tertiary/aromatic N) is 1. The van der Waals surface area contributed by atoms with Crippen molar-refractivity contribution >= 4 is 35.2 Å². The highest BCUT2D eigenvalue weighted by Crippen LogP contribution is 2.23. The topological polar surface area (TPSA) is 58.6 Å². The Balaban J connectivity index is 1.84. The van der Waals surface area contributed by atoms with Crippen LogP contribution in [-0.4, -0.2) is 41.7 Å². The van der Waals surface area contributed by atoms with Gasteiger partial charge in [-0.3, -0.25) is 9.59 Å². The molecule has 3 aromatic rings. The number of methoxy groups -OCH3 is 1. The third kappa shape index (κ3) is 8.83. The van der Waals surface area contributed by atoms with Crippen molar-refractivity contribution in [1.29, 1.82) is 0 Å². The number of halogens is 1. The highest BCUT2D eigenvalue weighted by molar-refractivity contribution is 7.99. The highest BCUT2D eigenvalue weighted by Gasteiger charge is 2.31. The predicted octanol–water partition coefficient (Wildman–Crippen LogP) is 6.14. The Labute approximate surface area is 229 Å². The monoisotopic (exact) mass is 538 g/mol. The van der Waals surface area contributed by atoms with E-state index in [9.17, 15) is 9.59 Å². The van der Waals surface area contributed by atoms with Gasteiger partial charge in [0.2, 0.25) is 11.8 Å². The molecule has 0 fully saturated rings.